The van der Waals surface area contributed by atoms with Gasteiger partial charge in [0.15, 0.2) is 8.07 Å². The van der Waals surface area contributed by atoms with E-state index in [1.165, 1.54) is 81.7 Å². The lowest BCUT2D eigenvalue weighted by molar-refractivity contribution is 0.949. The molecule has 0 fully saturated rings. The van der Waals surface area contributed by atoms with Crippen molar-refractivity contribution in [3.05, 3.63) is 218 Å². The van der Waals surface area contributed by atoms with Gasteiger partial charge in [-0.3, -0.25) is 0 Å². The second kappa shape index (κ2) is 14.4. The Morgan fingerprint density at radius 3 is 1.72 bits per heavy atom. The molecule has 0 N–H and O–H groups in total. The number of para-hydroxylation sites is 2. The zero-order chi connectivity index (χ0) is 38.3. The second-order valence-electron chi connectivity index (χ2n) is 15.3. The van der Waals surface area contributed by atoms with E-state index in [0.29, 0.717) is 0 Å². The summed E-state index contributed by atoms with van der Waals surface area (Å²) in [5.74, 6) is 0. The third kappa shape index (κ3) is 5.69. The quantitative estimate of drug-likeness (QED) is 0.108. The van der Waals surface area contributed by atoms with Gasteiger partial charge in [-0.2, -0.15) is 0 Å². The van der Waals surface area contributed by atoms with Crippen molar-refractivity contribution in [3.8, 4) is 16.8 Å². The number of benzene rings is 7. The number of rotatable bonds is 8. The summed E-state index contributed by atoms with van der Waals surface area (Å²) in [4.78, 5) is 0. The minimum absolute atomic E-state index is 0.289. The van der Waals surface area contributed by atoms with Crippen molar-refractivity contribution < 1.29 is 0 Å². The van der Waals surface area contributed by atoms with E-state index in [2.05, 4.69) is 235 Å². The standard InChI is InChI=1S/C54H44N2Si/c1-3-4-19-39(2)57(44-23-10-6-11-24-44,45-25-12-7-13-26-45)46-27-18-22-42(37-46)55-53-34-32-41(40-20-8-5-9-21-40)36-49(53)50-38-43(33-35-54(50)55)56-51-30-16-14-28-47(51)48-29-15-17-31-52(48)56/h3-36,38,46H,37H2,1-2H3/b4-3-,39-19+. The molecule has 7 aromatic carbocycles. The molecule has 0 saturated carbocycles. The predicted octanol–water partition coefficient (Wildman–Crippen LogP) is 13.1. The van der Waals surface area contributed by atoms with Crippen LogP contribution in [0.2, 0.25) is 5.54 Å². The maximum Gasteiger partial charge on any atom is 0.151 e. The largest absolute Gasteiger partial charge is 0.313 e. The zero-order valence-corrected chi connectivity index (χ0v) is 33.4. The molecule has 2 nitrogen and oxygen atoms in total. The maximum atomic E-state index is 2.56. The summed E-state index contributed by atoms with van der Waals surface area (Å²) >= 11 is 0. The highest BCUT2D eigenvalue weighted by molar-refractivity contribution is 7.08. The predicted molar refractivity (Wildman–Crippen MR) is 247 cm³/mol. The lowest BCUT2D eigenvalue weighted by Gasteiger charge is -2.41. The van der Waals surface area contributed by atoms with E-state index in [1.807, 2.05) is 0 Å². The fourth-order valence-electron chi connectivity index (χ4n) is 9.71. The van der Waals surface area contributed by atoms with Crippen molar-refractivity contribution in [1.82, 2.24) is 9.13 Å². The molecule has 0 aliphatic heterocycles. The van der Waals surface area contributed by atoms with E-state index < -0.39 is 8.07 Å². The third-order valence-electron chi connectivity index (χ3n) is 12.2. The van der Waals surface area contributed by atoms with Crippen molar-refractivity contribution in [2.45, 2.75) is 25.8 Å². The second-order valence-corrected chi connectivity index (χ2v) is 19.6. The molecule has 10 rings (SSSR count). The van der Waals surface area contributed by atoms with E-state index in [1.54, 1.807) is 0 Å². The van der Waals surface area contributed by atoms with E-state index in [4.69, 9.17) is 0 Å². The minimum atomic E-state index is -2.56. The summed E-state index contributed by atoms with van der Waals surface area (Å²) in [5, 5.41) is 9.41. The van der Waals surface area contributed by atoms with Crippen LogP contribution in [0, 0.1) is 0 Å². The Labute approximate surface area is 335 Å². The zero-order valence-electron chi connectivity index (χ0n) is 32.4. The van der Waals surface area contributed by atoms with Gasteiger partial charge in [0.05, 0.1) is 22.1 Å². The van der Waals surface area contributed by atoms with Crippen LogP contribution in [-0.4, -0.2) is 17.2 Å². The maximum absolute atomic E-state index is 2.56. The van der Waals surface area contributed by atoms with Gasteiger partial charge in [-0.1, -0.05) is 169 Å². The molecule has 9 aromatic rings. The Morgan fingerprint density at radius 1 is 0.544 bits per heavy atom. The van der Waals surface area contributed by atoms with E-state index in [0.717, 1.165) is 6.42 Å². The molecule has 1 unspecified atom stereocenters. The van der Waals surface area contributed by atoms with E-state index in [-0.39, 0.29) is 5.54 Å². The molecule has 1 aliphatic carbocycles. The van der Waals surface area contributed by atoms with Gasteiger partial charge in [0.1, 0.15) is 0 Å². The molecule has 0 spiro atoms. The average molecular weight is 749 g/mol. The lowest BCUT2D eigenvalue weighted by atomic mass is 10.0. The monoisotopic (exact) mass is 748 g/mol. The highest BCUT2D eigenvalue weighted by Crippen LogP contribution is 2.43. The first kappa shape index (κ1) is 34.8. The molecule has 0 radical (unpaired) electrons. The van der Waals surface area contributed by atoms with E-state index >= 15 is 0 Å². The van der Waals surface area contributed by atoms with Crippen LogP contribution in [0.15, 0.2) is 218 Å². The number of hydrogen-bond donors (Lipinski definition) is 0. The van der Waals surface area contributed by atoms with Crippen molar-refractivity contribution in [2.24, 2.45) is 0 Å². The highest BCUT2D eigenvalue weighted by Gasteiger charge is 2.46. The van der Waals surface area contributed by atoms with Gasteiger partial charge in [0, 0.05) is 32.9 Å². The van der Waals surface area contributed by atoms with Gasteiger partial charge >= 0.3 is 0 Å². The van der Waals surface area contributed by atoms with Crippen molar-refractivity contribution in [2.75, 3.05) is 0 Å². The molecule has 2 heterocycles. The molecule has 1 atom stereocenters. The first-order valence-corrected chi connectivity index (χ1v) is 22.2. The van der Waals surface area contributed by atoms with Crippen LogP contribution in [0.4, 0.5) is 0 Å². The van der Waals surface area contributed by atoms with Crippen LogP contribution in [0.25, 0.3) is 66.1 Å². The third-order valence-corrected chi connectivity index (χ3v) is 17.6. The van der Waals surface area contributed by atoms with Crippen LogP contribution in [0.3, 0.4) is 0 Å². The topological polar surface area (TPSA) is 9.86 Å². The first-order valence-electron chi connectivity index (χ1n) is 20.1. The Morgan fingerprint density at radius 2 is 1.09 bits per heavy atom. The smallest absolute Gasteiger partial charge is 0.151 e. The molecule has 57 heavy (non-hydrogen) atoms. The molecular weight excluding hydrogens is 705 g/mol. The van der Waals surface area contributed by atoms with Crippen molar-refractivity contribution in [1.29, 1.82) is 0 Å². The Kier molecular flexibility index (Phi) is 8.81. The highest BCUT2D eigenvalue weighted by atomic mass is 28.3. The number of nitrogens with zero attached hydrogens (tertiary/aromatic N) is 2. The molecule has 1 aliphatic rings. The molecular formula is C54H44N2Si. The number of aromatic nitrogens is 2. The summed E-state index contributed by atoms with van der Waals surface area (Å²) in [7, 11) is -2.56. The fourth-order valence-corrected chi connectivity index (χ4v) is 15.1. The van der Waals surface area contributed by atoms with Crippen LogP contribution in [0.1, 0.15) is 20.3 Å². The molecule has 0 bridgehead atoms. The van der Waals surface area contributed by atoms with Crippen LogP contribution >= 0.6 is 0 Å². The average Bonchev–Trinajstić information content (AvgIpc) is 3.79. The SMILES string of the molecule is C/C=C\C=C(/C)[Si](c1ccccc1)(c1ccccc1)C1C=CC=C(n2c3ccc(-c4ccccc4)cc3c3cc(-n4c5ccccc5c5ccccc54)ccc32)C1. The Hall–Kier alpha value is -6.68. The summed E-state index contributed by atoms with van der Waals surface area (Å²) in [6.45, 7) is 4.48. The van der Waals surface area contributed by atoms with Crippen molar-refractivity contribution >= 4 is 67.8 Å². The fraction of sp³-hybridized carbons (Fsp3) is 0.0741. The van der Waals surface area contributed by atoms with Crippen LogP contribution in [0.5, 0.6) is 0 Å². The van der Waals surface area contributed by atoms with Gasteiger partial charge in [0.25, 0.3) is 0 Å². The first-order chi connectivity index (χ1) is 28.2. The molecule has 2 aromatic heterocycles. The summed E-state index contributed by atoms with van der Waals surface area (Å²) < 4.78 is 5.00. The molecule has 3 heteroatoms. The normalized spacial score (nSPS) is 15.0. The van der Waals surface area contributed by atoms with Gasteiger partial charge < -0.3 is 9.13 Å². The van der Waals surface area contributed by atoms with Gasteiger partial charge in [0.2, 0.25) is 0 Å². The van der Waals surface area contributed by atoms with Gasteiger partial charge in [-0.15, -0.1) is 0 Å². The van der Waals surface area contributed by atoms with Crippen LogP contribution in [-0.2, 0) is 0 Å². The summed E-state index contributed by atoms with van der Waals surface area (Å²) in [5.41, 5.74) is 10.1. The number of hydrogen-bond acceptors (Lipinski definition) is 0. The number of allylic oxidation sites excluding steroid dienone is 8. The summed E-state index contributed by atoms with van der Waals surface area (Å²) in [6.07, 6.45) is 14.9. The minimum Gasteiger partial charge on any atom is -0.313 e. The van der Waals surface area contributed by atoms with Gasteiger partial charge in [-0.05, 0) is 95.9 Å². The number of fused-ring (bicyclic) bond motifs is 6. The molecule has 274 valence electrons. The molecule has 0 saturated heterocycles. The Balaban J connectivity index is 1.19. The summed E-state index contributed by atoms with van der Waals surface area (Å²) in [6, 6.07) is 65.2. The van der Waals surface area contributed by atoms with E-state index in [9.17, 15) is 0 Å². The Bertz CT molecular complexity index is 2960. The van der Waals surface area contributed by atoms with Gasteiger partial charge in [-0.25, -0.2) is 0 Å². The molecule has 0 amide bonds. The van der Waals surface area contributed by atoms with Crippen LogP contribution < -0.4 is 10.4 Å². The van der Waals surface area contributed by atoms with Crippen molar-refractivity contribution in [3.63, 3.8) is 0 Å². The lowest BCUT2D eigenvalue weighted by Crippen LogP contribution is -2.62.